The molecule has 0 bridgehead atoms. The Morgan fingerprint density at radius 1 is 1.00 bits per heavy atom. The first-order valence-electron chi connectivity index (χ1n) is 2.52. The molecule has 0 aliphatic rings. The average Bonchev–Trinajstić information content (AvgIpc) is 1.85. The Balaban J connectivity index is 3.03. The minimum absolute atomic E-state index is 0.442. The van der Waals surface area contributed by atoms with Gasteiger partial charge in [-0.15, -0.1) is 0 Å². The predicted octanol–water partition coefficient (Wildman–Crippen LogP) is -0.554. The van der Waals surface area contributed by atoms with Gasteiger partial charge in [0.05, 0.1) is 0 Å². The van der Waals surface area contributed by atoms with Gasteiger partial charge >= 0.3 is 13.5 Å². The Morgan fingerprint density at radius 2 is 1.36 bits per heavy atom. The van der Waals surface area contributed by atoms with Crippen molar-refractivity contribution >= 4 is 0 Å². The maximum absolute atomic E-state index is 9.59. The molecule has 64 valence electrons. The summed E-state index contributed by atoms with van der Waals surface area (Å²) in [4.78, 5) is 17.7. The lowest BCUT2D eigenvalue weighted by atomic mass is 11.2. The Morgan fingerprint density at radius 3 is 1.64 bits per heavy atom. The van der Waals surface area contributed by atoms with E-state index >= 15 is 0 Å². The summed E-state index contributed by atoms with van der Waals surface area (Å²) in [6.07, 6.45) is 0. The van der Waals surface area contributed by atoms with Crippen LogP contribution in [0.2, 0.25) is 0 Å². The van der Waals surface area contributed by atoms with E-state index in [9.17, 15) is 20.2 Å². The standard InChI is InChI=1S/C3H6N2O6/c6-4(7)1-10-3-11-2-5(8)9/h1-3H2. The molecule has 0 saturated carbocycles. The van der Waals surface area contributed by atoms with Gasteiger partial charge in [-0.2, -0.15) is 0 Å². The van der Waals surface area contributed by atoms with Crippen molar-refractivity contribution in [3.63, 3.8) is 0 Å². The molecule has 0 unspecified atom stereocenters. The maximum atomic E-state index is 9.59. The van der Waals surface area contributed by atoms with E-state index in [1.54, 1.807) is 0 Å². The summed E-state index contributed by atoms with van der Waals surface area (Å²) in [5.41, 5.74) is 0. The molecule has 0 N–H and O–H groups in total. The fraction of sp³-hybridized carbons (Fsp3) is 1.00. The van der Waals surface area contributed by atoms with Crippen molar-refractivity contribution in [2.45, 2.75) is 0 Å². The molecule has 11 heavy (non-hydrogen) atoms. The highest BCUT2D eigenvalue weighted by Crippen LogP contribution is 1.79. The lowest BCUT2D eigenvalue weighted by molar-refractivity contribution is -0.550. The Bertz CT molecular complexity index is 131. The molecule has 0 aromatic carbocycles. The summed E-state index contributed by atoms with van der Waals surface area (Å²) >= 11 is 0. The van der Waals surface area contributed by atoms with Crippen LogP contribution in [0.3, 0.4) is 0 Å². The van der Waals surface area contributed by atoms with Crippen molar-refractivity contribution < 1.29 is 19.3 Å². The molecule has 0 heterocycles. The SMILES string of the molecule is O=[N+]([O-])COCOC[N+](=O)[O-]. The van der Waals surface area contributed by atoms with Gasteiger partial charge in [-0.3, -0.25) is 29.7 Å². The molecule has 0 radical (unpaired) electrons. The van der Waals surface area contributed by atoms with Gasteiger partial charge in [0, 0.05) is 9.85 Å². The number of rotatable bonds is 6. The largest absolute Gasteiger partial charge is 0.308 e. The second-order valence-corrected chi connectivity index (χ2v) is 1.45. The van der Waals surface area contributed by atoms with Crippen LogP contribution in [0.1, 0.15) is 0 Å². The van der Waals surface area contributed by atoms with Crippen molar-refractivity contribution in [3.05, 3.63) is 20.2 Å². The number of nitrogens with zero attached hydrogens (tertiary/aromatic N) is 2. The Labute approximate surface area is 61.0 Å². The molecular formula is C3H6N2O6. The van der Waals surface area contributed by atoms with Crippen molar-refractivity contribution in [2.24, 2.45) is 0 Å². The smallest absolute Gasteiger partial charge is 0.292 e. The quantitative estimate of drug-likeness (QED) is 0.227. The van der Waals surface area contributed by atoms with Crippen molar-refractivity contribution in [2.75, 3.05) is 20.3 Å². The van der Waals surface area contributed by atoms with Crippen LogP contribution in [0.5, 0.6) is 0 Å². The first kappa shape index (κ1) is 9.72. The zero-order valence-corrected chi connectivity index (χ0v) is 5.47. The van der Waals surface area contributed by atoms with E-state index < -0.39 is 30.1 Å². The lowest BCUT2D eigenvalue weighted by Gasteiger charge is -1.96. The third-order valence-electron chi connectivity index (χ3n) is 0.560. The maximum Gasteiger partial charge on any atom is 0.308 e. The first-order chi connectivity index (χ1) is 5.13. The van der Waals surface area contributed by atoms with Gasteiger partial charge in [-0.25, -0.2) is 0 Å². The van der Waals surface area contributed by atoms with Gasteiger partial charge < -0.3 is 0 Å². The highest BCUT2D eigenvalue weighted by Gasteiger charge is 1.98. The molecule has 0 saturated heterocycles. The molecule has 8 nitrogen and oxygen atoms in total. The zero-order chi connectivity index (χ0) is 8.69. The minimum Gasteiger partial charge on any atom is -0.292 e. The van der Waals surface area contributed by atoms with Gasteiger partial charge in [0.25, 0.3) is 0 Å². The van der Waals surface area contributed by atoms with E-state index in [1.165, 1.54) is 0 Å². The third-order valence-corrected chi connectivity index (χ3v) is 0.560. The molecule has 0 spiro atoms. The fourth-order valence-electron chi connectivity index (χ4n) is 0.283. The topological polar surface area (TPSA) is 105 Å². The monoisotopic (exact) mass is 166 g/mol. The van der Waals surface area contributed by atoms with Crippen LogP contribution in [0.25, 0.3) is 0 Å². The number of nitro groups is 2. The van der Waals surface area contributed by atoms with Crippen molar-refractivity contribution in [3.8, 4) is 0 Å². The Kier molecular flexibility index (Phi) is 4.86. The highest BCUT2D eigenvalue weighted by molar-refractivity contribution is 4.07. The van der Waals surface area contributed by atoms with Crippen LogP contribution in [0.15, 0.2) is 0 Å². The highest BCUT2D eigenvalue weighted by atomic mass is 16.7. The molecule has 0 aliphatic heterocycles. The van der Waals surface area contributed by atoms with E-state index in [2.05, 4.69) is 9.47 Å². The van der Waals surface area contributed by atoms with Crippen LogP contribution >= 0.6 is 0 Å². The first-order valence-corrected chi connectivity index (χ1v) is 2.52. The fourth-order valence-corrected chi connectivity index (χ4v) is 0.283. The molecule has 0 fully saturated rings. The Hall–Kier alpha value is -1.28. The minimum atomic E-state index is -0.713. The zero-order valence-electron chi connectivity index (χ0n) is 5.47. The lowest BCUT2D eigenvalue weighted by Crippen LogP contribution is -2.12. The number of hydrogen-bond acceptors (Lipinski definition) is 6. The normalized spacial score (nSPS) is 9.45. The van der Waals surface area contributed by atoms with E-state index in [-0.39, 0.29) is 0 Å². The summed E-state index contributed by atoms with van der Waals surface area (Å²) < 4.78 is 8.44. The molecule has 0 rings (SSSR count). The van der Waals surface area contributed by atoms with E-state index in [4.69, 9.17) is 0 Å². The molecular weight excluding hydrogens is 160 g/mol. The van der Waals surface area contributed by atoms with Gasteiger partial charge in [0.2, 0.25) is 0 Å². The second-order valence-electron chi connectivity index (χ2n) is 1.45. The van der Waals surface area contributed by atoms with E-state index in [0.717, 1.165) is 0 Å². The van der Waals surface area contributed by atoms with Gasteiger partial charge in [-0.1, -0.05) is 0 Å². The van der Waals surface area contributed by atoms with E-state index in [0.29, 0.717) is 0 Å². The molecule has 0 aromatic rings. The van der Waals surface area contributed by atoms with Crippen molar-refractivity contribution in [1.82, 2.24) is 0 Å². The van der Waals surface area contributed by atoms with Gasteiger partial charge in [0.15, 0.2) is 6.79 Å². The molecule has 0 amide bonds. The molecule has 0 aliphatic carbocycles. The number of ether oxygens (including phenoxy) is 2. The van der Waals surface area contributed by atoms with Crippen LogP contribution < -0.4 is 0 Å². The van der Waals surface area contributed by atoms with Crippen LogP contribution in [-0.2, 0) is 9.47 Å². The predicted molar refractivity (Wildman–Crippen MR) is 30.8 cm³/mol. The van der Waals surface area contributed by atoms with Crippen molar-refractivity contribution in [1.29, 1.82) is 0 Å². The van der Waals surface area contributed by atoms with Crippen LogP contribution in [-0.4, -0.2) is 30.1 Å². The summed E-state index contributed by atoms with van der Waals surface area (Å²) in [5.74, 6) is 0. The average molecular weight is 166 g/mol. The van der Waals surface area contributed by atoms with Gasteiger partial charge in [0.1, 0.15) is 0 Å². The third kappa shape index (κ3) is 8.72. The summed E-state index contributed by atoms with van der Waals surface area (Å²) in [6.45, 7) is -1.86. The van der Waals surface area contributed by atoms with Crippen LogP contribution in [0.4, 0.5) is 0 Å². The molecule has 0 aromatic heterocycles. The molecule has 8 heteroatoms. The second kappa shape index (κ2) is 5.50. The van der Waals surface area contributed by atoms with E-state index in [1.807, 2.05) is 0 Å². The van der Waals surface area contributed by atoms with Gasteiger partial charge in [-0.05, 0) is 0 Å². The summed E-state index contributed by atoms with van der Waals surface area (Å²) in [6, 6.07) is 0. The summed E-state index contributed by atoms with van der Waals surface area (Å²) in [5, 5.41) is 19.2. The molecule has 0 atom stereocenters. The number of hydrogen-bond donors (Lipinski definition) is 0. The van der Waals surface area contributed by atoms with Crippen LogP contribution in [0, 0.1) is 20.2 Å². The summed E-state index contributed by atoms with van der Waals surface area (Å²) in [7, 11) is 0.